The fourth-order valence-corrected chi connectivity index (χ4v) is 2.53. The number of para-hydroxylation sites is 2. The van der Waals surface area contributed by atoms with Gasteiger partial charge in [0.1, 0.15) is 12.4 Å². The van der Waals surface area contributed by atoms with E-state index in [1.807, 2.05) is 35.8 Å². The summed E-state index contributed by atoms with van der Waals surface area (Å²) in [7, 11) is 0. The standard InChI is InChI=1S/C15H16F3N5/c1-2-23-12-6-4-3-5-11(12)21-14(23)20-9-13-19-7-8-22(13)10-15(16,17)18/h3-8H,2,9-10H2,1H3,(H,20,21). The number of fused-ring (bicyclic) bond motifs is 1. The van der Waals surface area contributed by atoms with Gasteiger partial charge in [0, 0.05) is 18.9 Å². The average Bonchev–Trinajstić information content (AvgIpc) is 3.06. The van der Waals surface area contributed by atoms with Gasteiger partial charge < -0.3 is 14.5 Å². The van der Waals surface area contributed by atoms with E-state index >= 15 is 0 Å². The predicted octanol–water partition coefficient (Wildman–Crippen LogP) is 3.43. The van der Waals surface area contributed by atoms with E-state index in [1.165, 1.54) is 12.4 Å². The Morgan fingerprint density at radius 3 is 2.74 bits per heavy atom. The maximum Gasteiger partial charge on any atom is 0.406 e. The maximum atomic E-state index is 12.5. The zero-order valence-electron chi connectivity index (χ0n) is 12.5. The predicted molar refractivity (Wildman–Crippen MR) is 81.0 cm³/mol. The number of anilines is 1. The SMILES string of the molecule is CCn1c(NCc2nccn2CC(F)(F)F)nc2ccccc21. The number of nitrogens with one attached hydrogen (secondary N) is 1. The van der Waals surface area contributed by atoms with Crippen molar-refractivity contribution in [3.63, 3.8) is 0 Å². The van der Waals surface area contributed by atoms with Crippen LogP contribution in [-0.2, 0) is 19.6 Å². The Morgan fingerprint density at radius 2 is 2.00 bits per heavy atom. The Morgan fingerprint density at radius 1 is 1.22 bits per heavy atom. The molecule has 122 valence electrons. The number of nitrogens with zero attached hydrogens (tertiary/aromatic N) is 4. The van der Waals surface area contributed by atoms with Gasteiger partial charge in [-0.25, -0.2) is 9.97 Å². The number of aryl methyl sites for hydroxylation is 1. The Hall–Kier alpha value is -2.51. The van der Waals surface area contributed by atoms with Gasteiger partial charge in [0.2, 0.25) is 5.95 Å². The second-order valence-corrected chi connectivity index (χ2v) is 5.11. The minimum Gasteiger partial charge on any atom is -0.348 e. The third-order valence-electron chi connectivity index (χ3n) is 3.53. The van der Waals surface area contributed by atoms with Crippen LogP contribution in [0.25, 0.3) is 11.0 Å². The van der Waals surface area contributed by atoms with Crippen molar-refractivity contribution >= 4 is 17.0 Å². The molecule has 1 N–H and O–H groups in total. The minimum atomic E-state index is -4.27. The van der Waals surface area contributed by atoms with Crippen molar-refractivity contribution < 1.29 is 13.2 Å². The first kappa shape index (κ1) is 15.4. The van der Waals surface area contributed by atoms with E-state index in [1.54, 1.807) is 0 Å². The molecule has 23 heavy (non-hydrogen) atoms. The summed E-state index contributed by atoms with van der Waals surface area (Å²) in [6, 6.07) is 7.68. The number of benzene rings is 1. The van der Waals surface area contributed by atoms with Crippen molar-refractivity contribution in [2.24, 2.45) is 0 Å². The molecule has 3 aromatic rings. The quantitative estimate of drug-likeness (QED) is 0.782. The van der Waals surface area contributed by atoms with Crippen LogP contribution in [0, 0.1) is 0 Å². The van der Waals surface area contributed by atoms with Gasteiger partial charge in [0.15, 0.2) is 0 Å². The number of imidazole rings is 2. The van der Waals surface area contributed by atoms with Crippen LogP contribution in [0.1, 0.15) is 12.7 Å². The second kappa shape index (κ2) is 5.94. The van der Waals surface area contributed by atoms with Crippen molar-refractivity contribution in [2.75, 3.05) is 5.32 Å². The molecular weight excluding hydrogens is 307 g/mol. The number of hydrogen-bond donors (Lipinski definition) is 1. The normalized spacial score (nSPS) is 12.0. The van der Waals surface area contributed by atoms with Crippen molar-refractivity contribution in [1.82, 2.24) is 19.1 Å². The highest BCUT2D eigenvalue weighted by molar-refractivity contribution is 5.78. The zero-order chi connectivity index (χ0) is 16.4. The summed E-state index contributed by atoms with van der Waals surface area (Å²) >= 11 is 0. The van der Waals surface area contributed by atoms with E-state index in [0.29, 0.717) is 18.3 Å². The molecule has 0 spiro atoms. The van der Waals surface area contributed by atoms with Gasteiger partial charge in [-0.1, -0.05) is 12.1 Å². The number of aromatic nitrogens is 4. The molecule has 5 nitrogen and oxygen atoms in total. The molecule has 0 bridgehead atoms. The first-order valence-corrected chi connectivity index (χ1v) is 7.24. The van der Waals surface area contributed by atoms with Crippen LogP contribution < -0.4 is 5.32 Å². The summed E-state index contributed by atoms with van der Waals surface area (Å²) in [4.78, 5) is 8.47. The first-order chi connectivity index (χ1) is 11.0. The lowest BCUT2D eigenvalue weighted by Crippen LogP contribution is -2.20. The van der Waals surface area contributed by atoms with Gasteiger partial charge in [-0.15, -0.1) is 0 Å². The fourth-order valence-electron chi connectivity index (χ4n) is 2.53. The van der Waals surface area contributed by atoms with E-state index in [4.69, 9.17) is 0 Å². The van der Waals surface area contributed by atoms with E-state index in [-0.39, 0.29) is 6.54 Å². The lowest BCUT2D eigenvalue weighted by Gasteiger charge is -2.12. The first-order valence-electron chi connectivity index (χ1n) is 7.24. The number of rotatable bonds is 5. The number of alkyl halides is 3. The molecule has 1 aromatic carbocycles. The van der Waals surface area contributed by atoms with Crippen molar-refractivity contribution in [3.8, 4) is 0 Å². The molecular formula is C15H16F3N5. The Kier molecular flexibility index (Phi) is 3.97. The summed E-state index contributed by atoms with van der Waals surface area (Å²) in [5.41, 5.74) is 1.83. The van der Waals surface area contributed by atoms with E-state index in [9.17, 15) is 13.2 Å². The Bertz CT molecular complexity index is 803. The molecule has 0 aliphatic rings. The van der Waals surface area contributed by atoms with Crippen LogP contribution >= 0.6 is 0 Å². The molecule has 8 heteroatoms. The van der Waals surface area contributed by atoms with E-state index in [0.717, 1.165) is 15.6 Å². The Labute approximate surface area is 130 Å². The van der Waals surface area contributed by atoms with Crippen molar-refractivity contribution in [1.29, 1.82) is 0 Å². The van der Waals surface area contributed by atoms with Crippen LogP contribution in [0.5, 0.6) is 0 Å². The zero-order valence-corrected chi connectivity index (χ0v) is 12.5. The average molecular weight is 323 g/mol. The van der Waals surface area contributed by atoms with Crippen molar-refractivity contribution in [3.05, 3.63) is 42.5 Å². The largest absolute Gasteiger partial charge is 0.406 e. The van der Waals surface area contributed by atoms with Crippen LogP contribution in [-0.4, -0.2) is 25.3 Å². The Balaban J connectivity index is 1.80. The molecule has 2 heterocycles. The van der Waals surface area contributed by atoms with Gasteiger partial charge in [0.25, 0.3) is 0 Å². The van der Waals surface area contributed by atoms with Gasteiger partial charge in [-0.05, 0) is 19.1 Å². The van der Waals surface area contributed by atoms with Gasteiger partial charge in [-0.2, -0.15) is 13.2 Å². The molecule has 0 saturated carbocycles. The van der Waals surface area contributed by atoms with Gasteiger partial charge >= 0.3 is 6.18 Å². The third kappa shape index (κ3) is 3.30. The molecule has 0 saturated heterocycles. The highest BCUT2D eigenvalue weighted by Crippen LogP contribution is 2.21. The molecule has 0 atom stereocenters. The van der Waals surface area contributed by atoms with E-state index in [2.05, 4.69) is 15.3 Å². The van der Waals surface area contributed by atoms with Gasteiger partial charge in [-0.3, -0.25) is 0 Å². The fraction of sp³-hybridized carbons (Fsp3) is 0.333. The van der Waals surface area contributed by atoms with Gasteiger partial charge in [0.05, 0.1) is 17.6 Å². The lowest BCUT2D eigenvalue weighted by atomic mass is 10.3. The maximum absolute atomic E-state index is 12.5. The monoisotopic (exact) mass is 323 g/mol. The highest BCUT2D eigenvalue weighted by atomic mass is 19.4. The lowest BCUT2D eigenvalue weighted by molar-refractivity contribution is -0.141. The molecule has 0 aliphatic heterocycles. The molecule has 0 aliphatic carbocycles. The molecule has 3 rings (SSSR count). The highest BCUT2D eigenvalue weighted by Gasteiger charge is 2.28. The number of halogens is 3. The third-order valence-corrected chi connectivity index (χ3v) is 3.53. The molecule has 0 unspecified atom stereocenters. The molecule has 2 aromatic heterocycles. The summed E-state index contributed by atoms with van der Waals surface area (Å²) in [5.74, 6) is 0.937. The summed E-state index contributed by atoms with van der Waals surface area (Å²) < 4.78 is 40.7. The molecule has 0 radical (unpaired) electrons. The van der Waals surface area contributed by atoms with Crippen LogP contribution in [0.4, 0.5) is 19.1 Å². The van der Waals surface area contributed by atoms with Crippen LogP contribution in [0.3, 0.4) is 0 Å². The summed E-state index contributed by atoms with van der Waals surface area (Å²) in [5, 5.41) is 3.08. The smallest absolute Gasteiger partial charge is 0.348 e. The summed E-state index contributed by atoms with van der Waals surface area (Å²) in [6.07, 6.45) is -1.58. The second-order valence-electron chi connectivity index (χ2n) is 5.11. The van der Waals surface area contributed by atoms with E-state index < -0.39 is 12.7 Å². The number of hydrogen-bond acceptors (Lipinski definition) is 3. The summed E-state index contributed by atoms with van der Waals surface area (Å²) in [6.45, 7) is 1.82. The molecule has 0 amide bonds. The van der Waals surface area contributed by atoms with Crippen molar-refractivity contribution in [2.45, 2.75) is 32.7 Å². The minimum absolute atomic E-state index is 0.173. The van der Waals surface area contributed by atoms with Crippen LogP contribution in [0.2, 0.25) is 0 Å². The van der Waals surface area contributed by atoms with Crippen LogP contribution in [0.15, 0.2) is 36.7 Å². The topological polar surface area (TPSA) is 47.7 Å². The molecule has 0 fully saturated rings.